The summed E-state index contributed by atoms with van der Waals surface area (Å²) in [7, 11) is 0. The third-order valence-electron chi connectivity index (χ3n) is 5.97. The van der Waals surface area contributed by atoms with E-state index in [-0.39, 0.29) is 24.3 Å². The maximum atomic E-state index is 12.2. The summed E-state index contributed by atoms with van der Waals surface area (Å²) in [5, 5.41) is 18.7. The number of carboxylic acids is 1. The minimum Gasteiger partial charge on any atom is -0.480 e. The van der Waals surface area contributed by atoms with E-state index in [0.29, 0.717) is 28.9 Å². The number of hydrogen-bond donors (Lipinski definition) is 1. The molecule has 3 aromatic heterocycles. The van der Waals surface area contributed by atoms with Crippen LogP contribution in [0, 0.1) is 13.8 Å². The number of aryl methyl sites for hydroxylation is 2. The Bertz CT molecular complexity index is 1430. The molecule has 1 aliphatic rings. The van der Waals surface area contributed by atoms with Crippen LogP contribution in [0.4, 0.5) is 0 Å². The van der Waals surface area contributed by atoms with Crippen molar-refractivity contribution >= 4 is 28.3 Å². The third kappa shape index (κ3) is 3.90. The third-order valence-corrected chi connectivity index (χ3v) is 5.97. The first-order valence-corrected chi connectivity index (χ1v) is 11.2. The molecular formula is C24H25N5O5. The molecule has 0 spiro atoms. The van der Waals surface area contributed by atoms with Gasteiger partial charge in [-0.15, -0.1) is 0 Å². The minimum absolute atomic E-state index is 0.228. The van der Waals surface area contributed by atoms with Crippen LogP contribution in [0.1, 0.15) is 47.9 Å². The Balaban J connectivity index is 1.57. The first kappa shape index (κ1) is 22.0. The fraction of sp³-hybridized carbons (Fsp3) is 0.375. The number of hydrogen-bond acceptors (Lipinski definition) is 7. The minimum atomic E-state index is -1.02. The molecule has 1 aromatic carbocycles. The molecule has 0 amide bonds. The van der Waals surface area contributed by atoms with Crippen molar-refractivity contribution in [2.24, 2.45) is 0 Å². The summed E-state index contributed by atoms with van der Waals surface area (Å²) in [6.07, 6.45) is 6.25. The molecule has 0 saturated carbocycles. The fourth-order valence-electron chi connectivity index (χ4n) is 4.44. The highest BCUT2D eigenvalue weighted by Crippen LogP contribution is 2.32. The average molecular weight is 463 g/mol. The summed E-state index contributed by atoms with van der Waals surface area (Å²) in [6.45, 7) is 5.53. The molecule has 176 valence electrons. The molecule has 5 rings (SSSR count). The van der Waals surface area contributed by atoms with E-state index < -0.39 is 5.97 Å². The van der Waals surface area contributed by atoms with E-state index in [4.69, 9.17) is 9.47 Å². The lowest BCUT2D eigenvalue weighted by atomic mass is 10.0. The SMILES string of the molecule is CC(=O)c1nn(CC(=O)O)c2c(C)cc(-c3cnc4c(OC5CCCCO5)c(C)nn4c3)cc12. The number of carboxylic acid groups (broad SMARTS) is 1. The van der Waals surface area contributed by atoms with Crippen molar-refractivity contribution in [3.63, 3.8) is 0 Å². The van der Waals surface area contributed by atoms with Gasteiger partial charge in [0.1, 0.15) is 17.9 Å². The van der Waals surface area contributed by atoms with Crippen LogP contribution in [0.3, 0.4) is 0 Å². The molecule has 1 saturated heterocycles. The first-order valence-electron chi connectivity index (χ1n) is 11.2. The van der Waals surface area contributed by atoms with Crippen LogP contribution < -0.4 is 4.74 Å². The van der Waals surface area contributed by atoms with Gasteiger partial charge in [-0.05, 0) is 49.9 Å². The topological polar surface area (TPSA) is 121 Å². The maximum absolute atomic E-state index is 12.2. The highest BCUT2D eigenvalue weighted by molar-refractivity contribution is 6.06. The molecule has 4 aromatic rings. The van der Waals surface area contributed by atoms with E-state index in [2.05, 4.69) is 15.2 Å². The monoisotopic (exact) mass is 463 g/mol. The van der Waals surface area contributed by atoms with Gasteiger partial charge in [-0.1, -0.05) is 0 Å². The number of benzene rings is 1. The van der Waals surface area contributed by atoms with Crippen molar-refractivity contribution < 1.29 is 24.2 Å². The number of aliphatic carboxylic acids is 1. The fourth-order valence-corrected chi connectivity index (χ4v) is 4.44. The summed E-state index contributed by atoms with van der Waals surface area (Å²) >= 11 is 0. The van der Waals surface area contributed by atoms with E-state index in [0.717, 1.165) is 41.6 Å². The van der Waals surface area contributed by atoms with E-state index in [1.807, 2.05) is 32.2 Å². The van der Waals surface area contributed by atoms with Crippen molar-refractivity contribution in [2.75, 3.05) is 6.61 Å². The second-order valence-electron chi connectivity index (χ2n) is 8.58. The summed E-state index contributed by atoms with van der Waals surface area (Å²) in [6, 6.07) is 3.77. The van der Waals surface area contributed by atoms with Gasteiger partial charge in [0.2, 0.25) is 0 Å². The number of aromatic nitrogens is 5. The van der Waals surface area contributed by atoms with Crippen molar-refractivity contribution in [2.45, 2.75) is 52.9 Å². The summed E-state index contributed by atoms with van der Waals surface area (Å²) in [4.78, 5) is 28.1. The predicted molar refractivity (Wildman–Crippen MR) is 123 cm³/mol. The highest BCUT2D eigenvalue weighted by atomic mass is 16.7. The molecule has 1 N–H and O–H groups in total. The Morgan fingerprint density at radius 3 is 2.74 bits per heavy atom. The lowest BCUT2D eigenvalue weighted by Gasteiger charge is -2.23. The quantitative estimate of drug-likeness (QED) is 0.431. The summed E-state index contributed by atoms with van der Waals surface area (Å²) < 4.78 is 14.8. The molecule has 34 heavy (non-hydrogen) atoms. The van der Waals surface area contributed by atoms with Crippen LogP contribution in [-0.4, -0.2) is 54.1 Å². The standard InChI is InChI=1S/C24H25N5O5/c1-13-8-16(9-18-21(15(3)30)27-28(22(13)18)12-19(31)32)17-10-25-24-23(14(2)26-29(24)11-17)34-20-6-4-5-7-33-20/h8-11,20H,4-7,12H2,1-3H3,(H,31,32). The summed E-state index contributed by atoms with van der Waals surface area (Å²) in [5.41, 5.74) is 4.62. The van der Waals surface area contributed by atoms with Crippen LogP contribution in [-0.2, 0) is 16.1 Å². The average Bonchev–Trinajstić information content (AvgIpc) is 3.31. The molecule has 0 radical (unpaired) electrons. The molecule has 0 bridgehead atoms. The van der Waals surface area contributed by atoms with E-state index in [9.17, 15) is 14.7 Å². The Hall–Kier alpha value is -3.79. The number of carbonyl (C=O) groups excluding carboxylic acids is 1. The first-order chi connectivity index (χ1) is 16.3. The van der Waals surface area contributed by atoms with Crippen LogP contribution in [0.5, 0.6) is 5.75 Å². The van der Waals surface area contributed by atoms with Gasteiger partial charge in [0.25, 0.3) is 0 Å². The smallest absolute Gasteiger partial charge is 0.325 e. The lowest BCUT2D eigenvalue weighted by Crippen LogP contribution is -2.25. The lowest BCUT2D eigenvalue weighted by molar-refractivity contribution is -0.137. The number of ether oxygens (including phenoxy) is 2. The Morgan fingerprint density at radius 1 is 1.21 bits per heavy atom. The van der Waals surface area contributed by atoms with Gasteiger partial charge < -0.3 is 14.6 Å². The molecule has 4 heterocycles. The van der Waals surface area contributed by atoms with Gasteiger partial charge in [-0.3, -0.25) is 14.3 Å². The van der Waals surface area contributed by atoms with Gasteiger partial charge in [0.05, 0.1) is 12.1 Å². The van der Waals surface area contributed by atoms with Crippen LogP contribution >= 0.6 is 0 Å². The molecule has 1 aliphatic heterocycles. The van der Waals surface area contributed by atoms with E-state index in [1.165, 1.54) is 11.6 Å². The Labute approximate surface area is 195 Å². The van der Waals surface area contributed by atoms with Crippen molar-refractivity contribution in [1.82, 2.24) is 24.4 Å². The number of Topliss-reactive ketones (excluding diaryl/α,β-unsaturated/α-hetero) is 1. The second kappa shape index (κ2) is 8.53. The summed E-state index contributed by atoms with van der Waals surface area (Å²) in [5.74, 6) is -0.643. The van der Waals surface area contributed by atoms with Crippen molar-refractivity contribution in [1.29, 1.82) is 0 Å². The number of carbonyl (C=O) groups is 2. The van der Waals surface area contributed by atoms with Crippen molar-refractivity contribution in [3.8, 4) is 16.9 Å². The molecule has 10 nitrogen and oxygen atoms in total. The zero-order valence-corrected chi connectivity index (χ0v) is 19.2. The number of fused-ring (bicyclic) bond motifs is 2. The zero-order chi connectivity index (χ0) is 24.0. The molecule has 10 heteroatoms. The molecule has 1 fully saturated rings. The maximum Gasteiger partial charge on any atom is 0.325 e. The Morgan fingerprint density at radius 2 is 2.03 bits per heavy atom. The van der Waals surface area contributed by atoms with Gasteiger partial charge in [-0.2, -0.15) is 10.2 Å². The van der Waals surface area contributed by atoms with Gasteiger partial charge >= 0.3 is 5.97 Å². The van der Waals surface area contributed by atoms with Crippen LogP contribution in [0.15, 0.2) is 24.5 Å². The Kier molecular flexibility index (Phi) is 5.52. The van der Waals surface area contributed by atoms with Gasteiger partial charge in [-0.25, -0.2) is 9.50 Å². The van der Waals surface area contributed by atoms with E-state index in [1.54, 1.807) is 10.7 Å². The largest absolute Gasteiger partial charge is 0.480 e. The molecule has 0 aliphatic carbocycles. The normalized spacial score (nSPS) is 16.3. The highest BCUT2D eigenvalue weighted by Gasteiger charge is 2.22. The van der Waals surface area contributed by atoms with E-state index >= 15 is 0 Å². The van der Waals surface area contributed by atoms with Gasteiger partial charge in [0, 0.05) is 36.7 Å². The van der Waals surface area contributed by atoms with Crippen LogP contribution in [0.2, 0.25) is 0 Å². The molecular weight excluding hydrogens is 438 g/mol. The predicted octanol–water partition coefficient (Wildman–Crippen LogP) is 3.56. The van der Waals surface area contributed by atoms with Crippen LogP contribution in [0.25, 0.3) is 27.7 Å². The second-order valence-corrected chi connectivity index (χ2v) is 8.58. The number of nitrogens with zero attached hydrogens (tertiary/aromatic N) is 5. The molecule has 1 atom stereocenters. The molecule has 1 unspecified atom stereocenters. The number of ketones is 1. The van der Waals surface area contributed by atoms with Gasteiger partial charge in [0.15, 0.2) is 23.5 Å². The number of rotatable bonds is 6. The van der Waals surface area contributed by atoms with Crippen molar-refractivity contribution in [3.05, 3.63) is 41.5 Å². The zero-order valence-electron chi connectivity index (χ0n) is 19.2.